The van der Waals surface area contributed by atoms with E-state index in [1.165, 1.54) is 0 Å². The van der Waals surface area contributed by atoms with Crippen LogP contribution in [0.15, 0.2) is 0 Å². The molecule has 4 nitrogen and oxygen atoms in total. The Balaban J connectivity index is 2.19. The predicted molar refractivity (Wildman–Crippen MR) is 31.5 cm³/mol. The summed E-state index contributed by atoms with van der Waals surface area (Å²) in [5.74, 6) is 0. The van der Waals surface area contributed by atoms with Crippen LogP contribution in [0.1, 0.15) is 12.8 Å². The van der Waals surface area contributed by atoms with Crippen LogP contribution in [0, 0.1) is 0 Å². The third kappa shape index (κ3) is 1.89. The van der Waals surface area contributed by atoms with Gasteiger partial charge in [0.15, 0.2) is 0 Å². The molecule has 1 rings (SSSR count). The average molecular weight is 130 g/mol. The van der Waals surface area contributed by atoms with Crippen LogP contribution >= 0.6 is 0 Å². The summed E-state index contributed by atoms with van der Waals surface area (Å²) in [6, 6.07) is 0. The number of nitrogens with zero attached hydrogens (tertiary/aromatic N) is 1. The molecule has 4 heteroatoms. The zero-order chi connectivity index (χ0) is 6.69. The summed E-state index contributed by atoms with van der Waals surface area (Å²) in [6.07, 6.45) is 1.47. The Labute approximate surface area is 53.5 Å². The Kier molecular flexibility index (Phi) is 1.89. The Hall–Kier alpha value is -0.770. The molecule has 1 heterocycles. The Bertz CT molecular complexity index is 110. The largest absolute Gasteiger partial charge is 0.423 e. The van der Waals surface area contributed by atoms with Crippen molar-refractivity contribution in [3.63, 3.8) is 0 Å². The van der Waals surface area contributed by atoms with Gasteiger partial charge >= 0.3 is 6.09 Å². The summed E-state index contributed by atoms with van der Waals surface area (Å²) in [5.41, 5.74) is 4.77. The van der Waals surface area contributed by atoms with E-state index in [4.69, 9.17) is 5.73 Å². The van der Waals surface area contributed by atoms with Gasteiger partial charge in [-0.25, -0.2) is 4.79 Å². The van der Waals surface area contributed by atoms with E-state index in [9.17, 15) is 4.79 Å². The molecule has 0 bridgehead atoms. The van der Waals surface area contributed by atoms with Gasteiger partial charge in [0.1, 0.15) is 0 Å². The molecule has 9 heavy (non-hydrogen) atoms. The van der Waals surface area contributed by atoms with Gasteiger partial charge in [0.05, 0.1) is 0 Å². The fourth-order valence-electron chi connectivity index (χ4n) is 0.907. The molecule has 2 N–H and O–H groups in total. The van der Waals surface area contributed by atoms with Crippen LogP contribution in [0.2, 0.25) is 0 Å². The molecule has 0 aromatic carbocycles. The summed E-state index contributed by atoms with van der Waals surface area (Å²) < 4.78 is 0. The predicted octanol–water partition coefficient (Wildman–Crippen LogP) is 0.0925. The summed E-state index contributed by atoms with van der Waals surface area (Å²) in [6.45, 7) is 1.64. The Morgan fingerprint density at radius 3 is 2.44 bits per heavy atom. The Morgan fingerprint density at radius 2 is 2.00 bits per heavy atom. The number of primary amides is 1. The molecule has 0 aliphatic carbocycles. The maximum atomic E-state index is 10.1. The lowest BCUT2D eigenvalue weighted by Crippen LogP contribution is -2.27. The first-order chi connectivity index (χ1) is 4.29. The van der Waals surface area contributed by atoms with Gasteiger partial charge in [-0.2, -0.15) is 0 Å². The quantitative estimate of drug-likeness (QED) is 0.547. The Morgan fingerprint density at radius 1 is 1.44 bits per heavy atom. The van der Waals surface area contributed by atoms with E-state index < -0.39 is 6.09 Å². The maximum Gasteiger partial charge on any atom is 0.423 e. The van der Waals surface area contributed by atoms with Crippen molar-refractivity contribution in [2.45, 2.75) is 12.8 Å². The van der Waals surface area contributed by atoms with E-state index in [0.717, 1.165) is 25.9 Å². The molecule has 0 aromatic rings. The fraction of sp³-hybridized carbons (Fsp3) is 0.800. The summed E-state index contributed by atoms with van der Waals surface area (Å²) in [4.78, 5) is 14.7. The number of hydrogen-bond donors (Lipinski definition) is 1. The van der Waals surface area contributed by atoms with Crippen molar-refractivity contribution in [3.8, 4) is 0 Å². The van der Waals surface area contributed by atoms with E-state index >= 15 is 0 Å². The minimum absolute atomic E-state index is 0.711. The molecule has 52 valence electrons. The molecular formula is C5H10N2O2. The molecule has 0 spiro atoms. The van der Waals surface area contributed by atoms with Crippen molar-refractivity contribution in [2.24, 2.45) is 5.73 Å². The second kappa shape index (κ2) is 2.68. The van der Waals surface area contributed by atoms with E-state index in [1.54, 1.807) is 5.06 Å². The highest BCUT2D eigenvalue weighted by molar-refractivity contribution is 5.64. The molecule has 0 unspecified atom stereocenters. The number of rotatable bonds is 1. The van der Waals surface area contributed by atoms with Gasteiger partial charge in [-0.3, -0.25) is 0 Å². The number of carbonyl (C=O) groups is 1. The van der Waals surface area contributed by atoms with Gasteiger partial charge in [-0.1, -0.05) is 0 Å². The molecule has 0 atom stereocenters. The monoisotopic (exact) mass is 130 g/mol. The highest BCUT2D eigenvalue weighted by Crippen LogP contribution is 2.06. The average Bonchev–Trinajstić information content (AvgIpc) is 2.15. The molecule has 0 radical (unpaired) electrons. The lowest BCUT2D eigenvalue weighted by Gasteiger charge is -2.10. The first-order valence-electron chi connectivity index (χ1n) is 3.01. The second-order valence-corrected chi connectivity index (χ2v) is 2.05. The molecule has 1 saturated heterocycles. The van der Waals surface area contributed by atoms with Gasteiger partial charge in [0, 0.05) is 13.1 Å². The summed E-state index contributed by atoms with van der Waals surface area (Å²) >= 11 is 0. The summed E-state index contributed by atoms with van der Waals surface area (Å²) in [5, 5.41) is 1.59. The van der Waals surface area contributed by atoms with Crippen molar-refractivity contribution in [1.82, 2.24) is 5.06 Å². The number of carbonyl (C=O) groups excluding carboxylic acids is 1. The third-order valence-electron chi connectivity index (χ3n) is 1.28. The first kappa shape index (κ1) is 6.35. The van der Waals surface area contributed by atoms with Crippen molar-refractivity contribution >= 4 is 6.09 Å². The maximum absolute atomic E-state index is 10.1. The third-order valence-corrected chi connectivity index (χ3v) is 1.28. The van der Waals surface area contributed by atoms with Crippen LogP contribution < -0.4 is 5.73 Å². The smallest absolute Gasteiger partial charge is 0.351 e. The lowest BCUT2D eigenvalue weighted by atomic mass is 10.4. The zero-order valence-corrected chi connectivity index (χ0v) is 5.17. The van der Waals surface area contributed by atoms with Crippen molar-refractivity contribution in [2.75, 3.05) is 13.1 Å². The number of amides is 1. The standard InChI is InChI=1S/C5H10N2O2/c6-5(8)9-7-3-1-2-4-7/h1-4H2,(H2,6,8). The summed E-state index contributed by atoms with van der Waals surface area (Å²) in [7, 11) is 0. The van der Waals surface area contributed by atoms with Crippen molar-refractivity contribution in [1.29, 1.82) is 0 Å². The first-order valence-corrected chi connectivity index (χ1v) is 3.01. The van der Waals surface area contributed by atoms with Crippen LogP contribution in [0.3, 0.4) is 0 Å². The van der Waals surface area contributed by atoms with Crippen LogP contribution in [-0.4, -0.2) is 24.2 Å². The highest BCUT2D eigenvalue weighted by Gasteiger charge is 2.13. The minimum atomic E-state index is -0.711. The molecule has 0 saturated carbocycles. The molecule has 1 aliphatic heterocycles. The van der Waals surface area contributed by atoms with Crippen LogP contribution in [0.25, 0.3) is 0 Å². The van der Waals surface area contributed by atoms with Gasteiger partial charge < -0.3 is 10.6 Å². The van der Waals surface area contributed by atoms with E-state index in [1.807, 2.05) is 0 Å². The topological polar surface area (TPSA) is 55.6 Å². The number of nitrogens with two attached hydrogens (primary N) is 1. The second-order valence-electron chi connectivity index (χ2n) is 2.05. The molecule has 1 amide bonds. The fourth-order valence-corrected chi connectivity index (χ4v) is 0.907. The van der Waals surface area contributed by atoms with Crippen LogP contribution in [0.4, 0.5) is 4.79 Å². The number of hydrogen-bond acceptors (Lipinski definition) is 3. The highest BCUT2D eigenvalue weighted by atomic mass is 16.7. The van der Waals surface area contributed by atoms with E-state index in [0.29, 0.717) is 0 Å². The van der Waals surface area contributed by atoms with Gasteiger partial charge in [0.2, 0.25) is 0 Å². The van der Waals surface area contributed by atoms with Gasteiger partial charge in [0.25, 0.3) is 0 Å². The van der Waals surface area contributed by atoms with Crippen LogP contribution in [-0.2, 0) is 4.84 Å². The molecule has 1 fully saturated rings. The van der Waals surface area contributed by atoms with Gasteiger partial charge in [-0.05, 0) is 12.8 Å². The number of hydroxylamine groups is 2. The van der Waals surface area contributed by atoms with E-state index in [2.05, 4.69) is 4.84 Å². The van der Waals surface area contributed by atoms with Crippen molar-refractivity contribution in [3.05, 3.63) is 0 Å². The minimum Gasteiger partial charge on any atom is -0.351 e. The van der Waals surface area contributed by atoms with Crippen LogP contribution in [0.5, 0.6) is 0 Å². The molecule has 0 aromatic heterocycles. The normalized spacial score (nSPS) is 20.0. The zero-order valence-electron chi connectivity index (χ0n) is 5.17. The lowest BCUT2D eigenvalue weighted by molar-refractivity contribution is -0.0762. The van der Waals surface area contributed by atoms with Gasteiger partial charge in [-0.15, -0.1) is 5.06 Å². The van der Waals surface area contributed by atoms with Crippen molar-refractivity contribution < 1.29 is 9.63 Å². The molecule has 1 aliphatic rings. The van der Waals surface area contributed by atoms with E-state index in [-0.39, 0.29) is 0 Å². The SMILES string of the molecule is NC(=O)ON1CCCC1. The molecular weight excluding hydrogens is 120 g/mol.